The van der Waals surface area contributed by atoms with E-state index in [0.717, 1.165) is 22.5 Å². The lowest BCUT2D eigenvalue weighted by molar-refractivity contribution is -0.114. The third kappa shape index (κ3) is 5.82. The zero-order valence-electron chi connectivity index (χ0n) is 16.6. The number of anilines is 2. The molecule has 27 heavy (non-hydrogen) atoms. The summed E-state index contributed by atoms with van der Waals surface area (Å²) < 4.78 is 25.6. The van der Waals surface area contributed by atoms with Crippen LogP contribution in [0, 0.1) is 0 Å². The Kier molecular flexibility index (Phi) is 6.31. The van der Waals surface area contributed by atoms with Crippen molar-refractivity contribution in [3.63, 3.8) is 0 Å². The highest BCUT2D eigenvalue weighted by Gasteiger charge is 2.22. The summed E-state index contributed by atoms with van der Waals surface area (Å²) in [6.07, 6.45) is 2.02. The van der Waals surface area contributed by atoms with Gasteiger partial charge in [0.15, 0.2) is 0 Å². The number of benzene rings is 2. The molecule has 0 saturated carbocycles. The van der Waals surface area contributed by atoms with E-state index in [4.69, 9.17) is 0 Å². The van der Waals surface area contributed by atoms with E-state index in [1.807, 2.05) is 36.4 Å². The Hall–Kier alpha value is -2.34. The lowest BCUT2D eigenvalue weighted by Gasteiger charge is -2.24. The van der Waals surface area contributed by atoms with Crippen LogP contribution in [0.1, 0.15) is 38.8 Å². The maximum Gasteiger partial charge on any atom is 0.245 e. The molecule has 0 fully saturated rings. The molecular formula is C21H28N2O3S. The lowest BCUT2D eigenvalue weighted by Crippen LogP contribution is -2.37. The van der Waals surface area contributed by atoms with Crippen molar-refractivity contribution < 1.29 is 13.2 Å². The van der Waals surface area contributed by atoms with Gasteiger partial charge in [-0.2, -0.15) is 0 Å². The molecule has 5 nitrogen and oxygen atoms in total. The Morgan fingerprint density at radius 3 is 2.00 bits per heavy atom. The maximum absolute atomic E-state index is 12.4. The second-order valence-corrected chi connectivity index (χ2v) is 9.57. The molecule has 2 aromatic rings. The fourth-order valence-electron chi connectivity index (χ4n) is 2.68. The molecule has 0 bridgehead atoms. The number of rotatable bonds is 6. The van der Waals surface area contributed by atoms with Crippen LogP contribution in [0.3, 0.4) is 0 Å². The fourth-order valence-corrected chi connectivity index (χ4v) is 3.54. The Balaban J connectivity index is 2.18. The van der Waals surface area contributed by atoms with Crippen molar-refractivity contribution >= 4 is 27.3 Å². The number of nitrogens with zero attached hydrogens (tertiary/aromatic N) is 1. The average molecular weight is 389 g/mol. The van der Waals surface area contributed by atoms with Crippen LogP contribution in [-0.2, 0) is 26.7 Å². The minimum absolute atomic E-state index is 0.0313. The van der Waals surface area contributed by atoms with E-state index < -0.39 is 10.0 Å². The lowest BCUT2D eigenvalue weighted by atomic mass is 9.87. The number of carbonyl (C=O) groups is 1. The summed E-state index contributed by atoms with van der Waals surface area (Å²) in [6.45, 7) is 8.06. The minimum Gasteiger partial charge on any atom is -0.325 e. The van der Waals surface area contributed by atoms with Crippen molar-refractivity contribution in [3.05, 3.63) is 59.7 Å². The molecule has 0 aliphatic rings. The first-order valence-electron chi connectivity index (χ1n) is 8.98. The predicted molar refractivity (Wildman–Crippen MR) is 112 cm³/mol. The summed E-state index contributed by atoms with van der Waals surface area (Å²) >= 11 is 0. The first kappa shape index (κ1) is 21.0. The molecule has 0 aromatic heterocycles. The highest BCUT2D eigenvalue weighted by molar-refractivity contribution is 7.92. The standard InChI is InChI=1S/C21H28N2O3S/c1-6-16-7-11-18(12-8-16)22-20(24)15-23(27(5,25)26)19-13-9-17(10-14-19)21(2,3)4/h7-14H,6,15H2,1-5H3,(H,22,24). The molecule has 1 amide bonds. The van der Waals surface area contributed by atoms with Crippen LogP contribution >= 0.6 is 0 Å². The summed E-state index contributed by atoms with van der Waals surface area (Å²) in [6, 6.07) is 14.8. The molecule has 6 heteroatoms. The Morgan fingerprint density at radius 1 is 1.00 bits per heavy atom. The van der Waals surface area contributed by atoms with Crippen LogP contribution < -0.4 is 9.62 Å². The summed E-state index contributed by atoms with van der Waals surface area (Å²) in [7, 11) is -3.59. The SMILES string of the molecule is CCc1ccc(NC(=O)CN(c2ccc(C(C)(C)C)cc2)S(C)(=O)=O)cc1. The van der Waals surface area contributed by atoms with Crippen molar-refractivity contribution in [2.45, 2.75) is 39.5 Å². The molecule has 0 spiro atoms. The molecule has 2 rings (SSSR count). The van der Waals surface area contributed by atoms with Gasteiger partial charge in [-0.3, -0.25) is 9.10 Å². The zero-order chi connectivity index (χ0) is 20.2. The van der Waals surface area contributed by atoms with E-state index in [-0.39, 0.29) is 17.9 Å². The van der Waals surface area contributed by atoms with E-state index in [1.54, 1.807) is 12.1 Å². The van der Waals surface area contributed by atoms with Crippen LogP contribution in [0.2, 0.25) is 0 Å². The number of hydrogen-bond donors (Lipinski definition) is 1. The smallest absolute Gasteiger partial charge is 0.245 e. The van der Waals surface area contributed by atoms with Gasteiger partial charge in [-0.1, -0.05) is 52.0 Å². The van der Waals surface area contributed by atoms with E-state index >= 15 is 0 Å². The quantitative estimate of drug-likeness (QED) is 0.815. The van der Waals surface area contributed by atoms with Gasteiger partial charge in [0.1, 0.15) is 6.54 Å². The maximum atomic E-state index is 12.4. The van der Waals surface area contributed by atoms with Gasteiger partial charge in [0.2, 0.25) is 15.9 Å². The van der Waals surface area contributed by atoms with Crippen LogP contribution in [0.4, 0.5) is 11.4 Å². The van der Waals surface area contributed by atoms with Gasteiger partial charge < -0.3 is 5.32 Å². The van der Waals surface area contributed by atoms with E-state index in [1.165, 1.54) is 5.56 Å². The van der Waals surface area contributed by atoms with Crippen molar-refractivity contribution in [3.8, 4) is 0 Å². The van der Waals surface area contributed by atoms with Crippen molar-refractivity contribution in [1.82, 2.24) is 0 Å². The number of hydrogen-bond acceptors (Lipinski definition) is 3. The second kappa shape index (κ2) is 8.13. The average Bonchev–Trinajstić information content (AvgIpc) is 2.59. The largest absolute Gasteiger partial charge is 0.325 e. The fraction of sp³-hybridized carbons (Fsp3) is 0.381. The number of sulfonamides is 1. The Bertz CT molecular complexity index is 881. The number of nitrogens with one attached hydrogen (secondary N) is 1. The monoisotopic (exact) mass is 388 g/mol. The molecule has 0 aliphatic carbocycles. The van der Waals surface area contributed by atoms with Gasteiger partial charge in [0, 0.05) is 5.69 Å². The minimum atomic E-state index is -3.59. The molecule has 0 radical (unpaired) electrons. The molecule has 0 saturated heterocycles. The van der Waals surface area contributed by atoms with Crippen LogP contribution in [0.5, 0.6) is 0 Å². The molecule has 2 aromatic carbocycles. The van der Waals surface area contributed by atoms with E-state index in [0.29, 0.717) is 11.4 Å². The molecule has 0 atom stereocenters. The normalized spacial score (nSPS) is 11.9. The van der Waals surface area contributed by atoms with Crippen molar-refractivity contribution in [2.75, 3.05) is 22.4 Å². The number of carbonyl (C=O) groups excluding carboxylic acids is 1. The molecule has 0 aliphatic heterocycles. The molecule has 1 N–H and O–H groups in total. The van der Waals surface area contributed by atoms with Gasteiger partial charge in [-0.05, 0) is 47.2 Å². The molecule has 0 heterocycles. The Morgan fingerprint density at radius 2 is 1.56 bits per heavy atom. The summed E-state index contributed by atoms with van der Waals surface area (Å²) in [5, 5.41) is 2.76. The highest BCUT2D eigenvalue weighted by atomic mass is 32.2. The zero-order valence-corrected chi connectivity index (χ0v) is 17.4. The molecule has 146 valence electrons. The number of aryl methyl sites for hydroxylation is 1. The van der Waals surface area contributed by atoms with Crippen molar-refractivity contribution in [1.29, 1.82) is 0 Å². The summed E-state index contributed by atoms with van der Waals surface area (Å²) in [5.74, 6) is -0.385. The van der Waals surface area contributed by atoms with Gasteiger partial charge in [0.25, 0.3) is 0 Å². The summed E-state index contributed by atoms with van der Waals surface area (Å²) in [5.41, 5.74) is 3.36. The third-order valence-corrected chi connectivity index (χ3v) is 5.50. The van der Waals surface area contributed by atoms with Crippen LogP contribution in [-0.4, -0.2) is 27.1 Å². The highest BCUT2D eigenvalue weighted by Crippen LogP contribution is 2.26. The van der Waals surface area contributed by atoms with E-state index in [2.05, 4.69) is 33.0 Å². The van der Waals surface area contributed by atoms with Crippen LogP contribution in [0.15, 0.2) is 48.5 Å². The Labute approximate surface area is 162 Å². The first-order chi connectivity index (χ1) is 12.5. The molecule has 0 unspecified atom stereocenters. The van der Waals surface area contributed by atoms with Gasteiger partial charge >= 0.3 is 0 Å². The first-order valence-corrected chi connectivity index (χ1v) is 10.8. The topological polar surface area (TPSA) is 66.5 Å². The predicted octanol–water partition coefficient (Wildman–Crippen LogP) is 3.95. The third-order valence-electron chi connectivity index (χ3n) is 4.35. The summed E-state index contributed by atoms with van der Waals surface area (Å²) in [4.78, 5) is 12.4. The van der Waals surface area contributed by atoms with Gasteiger partial charge in [-0.25, -0.2) is 8.42 Å². The number of amides is 1. The van der Waals surface area contributed by atoms with Gasteiger partial charge in [-0.15, -0.1) is 0 Å². The van der Waals surface area contributed by atoms with Gasteiger partial charge in [0.05, 0.1) is 11.9 Å². The second-order valence-electron chi connectivity index (χ2n) is 7.67. The van der Waals surface area contributed by atoms with E-state index in [9.17, 15) is 13.2 Å². The van der Waals surface area contributed by atoms with Crippen molar-refractivity contribution in [2.24, 2.45) is 0 Å². The molecular weight excluding hydrogens is 360 g/mol. The van der Waals surface area contributed by atoms with Crippen LogP contribution in [0.25, 0.3) is 0 Å².